The average molecular weight is 127 g/mol. The minimum atomic E-state index is 0.324. The third-order valence-electron chi connectivity index (χ3n) is 1.79. The van der Waals surface area contributed by atoms with Crippen molar-refractivity contribution in [2.24, 2.45) is 5.92 Å². The quantitative estimate of drug-likeness (QED) is 0.512. The zero-order valence-corrected chi connectivity index (χ0v) is 6.05. The Morgan fingerprint density at radius 1 is 1.78 bits per heavy atom. The molecule has 2 heteroatoms. The number of hydrogen-bond donors (Lipinski definition) is 0. The molecule has 0 unspecified atom stereocenters. The minimum absolute atomic E-state index is 0.324. The van der Waals surface area contributed by atoms with Gasteiger partial charge in [0.05, 0.1) is 0 Å². The highest BCUT2D eigenvalue weighted by atomic mass is 16.2. The van der Waals surface area contributed by atoms with Crippen molar-refractivity contribution in [3.63, 3.8) is 0 Å². The maximum atomic E-state index is 10.9. The summed E-state index contributed by atoms with van der Waals surface area (Å²) in [5.74, 6) is 0.905. The predicted molar refractivity (Wildman–Crippen MR) is 36.0 cm³/mol. The van der Waals surface area contributed by atoms with Crippen LogP contribution in [0.15, 0.2) is 0 Å². The van der Waals surface area contributed by atoms with E-state index in [4.69, 9.17) is 0 Å². The molecule has 1 amide bonds. The van der Waals surface area contributed by atoms with Gasteiger partial charge in [0.25, 0.3) is 0 Å². The second-order valence-corrected chi connectivity index (χ2v) is 2.74. The average Bonchev–Trinajstić information content (AvgIpc) is 2.10. The van der Waals surface area contributed by atoms with Gasteiger partial charge in [-0.25, -0.2) is 0 Å². The lowest BCUT2D eigenvalue weighted by atomic mass is 10.2. The van der Waals surface area contributed by atoms with Crippen molar-refractivity contribution in [2.75, 3.05) is 13.1 Å². The second kappa shape index (κ2) is 2.38. The summed E-state index contributed by atoms with van der Waals surface area (Å²) >= 11 is 0. The molecule has 9 heavy (non-hydrogen) atoms. The Kier molecular flexibility index (Phi) is 1.74. The van der Waals surface area contributed by atoms with Gasteiger partial charge in [0.1, 0.15) is 0 Å². The summed E-state index contributed by atoms with van der Waals surface area (Å²) in [7, 11) is 0. The lowest BCUT2D eigenvalue weighted by Gasteiger charge is -2.11. The molecule has 0 aromatic carbocycles. The largest absolute Gasteiger partial charge is 0.343 e. The van der Waals surface area contributed by atoms with Crippen molar-refractivity contribution in [2.45, 2.75) is 20.3 Å². The molecule has 1 aliphatic heterocycles. The number of carbonyl (C=O) groups excluding carboxylic acids is 1. The fourth-order valence-corrected chi connectivity index (χ4v) is 1.28. The van der Waals surface area contributed by atoms with Crippen molar-refractivity contribution in [1.29, 1.82) is 0 Å². The van der Waals surface area contributed by atoms with Gasteiger partial charge in [0, 0.05) is 19.5 Å². The smallest absolute Gasteiger partial charge is 0.222 e. The number of hydrogen-bond acceptors (Lipinski definition) is 1. The van der Waals surface area contributed by atoms with Crippen molar-refractivity contribution in [3.05, 3.63) is 0 Å². The Morgan fingerprint density at radius 2 is 2.44 bits per heavy atom. The SMILES string of the molecule is CCN1C[C@H](C)CC1=O. The van der Waals surface area contributed by atoms with Crippen molar-refractivity contribution < 1.29 is 4.79 Å². The Balaban J connectivity index is 2.48. The van der Waals surface area contributed by atoms with Crippen molar-refractivity contribution in [3.8, 4) is 0 Å². The van der Waals surface area contributed by atoms with E-state index in [1.807, 2.05) is 11.8 Å². The summed E-state index contributed by atoms with van der Waals surface area (Å²) in [6.07, 6.45) is 0.758. The van der Waals surface area contributed by atoms with Crippen molar-refractivity contribution in [1.82, 2.24) is 4.90 Å². The van der Waals surface area contributed by atoms with Crippen LogP contribution in [0.2, 0.25) is 0 Å². The molecule has 0 aromatic rings. The van der Waals surface area contributed by atoms with Gasteiger partial charge >= 0.3 is 0 Å². The van der Waals surface area contributed by atoms with Gasteiger partial charge in [-0.1, -0.05) is 6.92 Å². The zero-order valence-electron chi connectivity index (χ0n) is 6.05. The maximum absolute atomic E-state index is 10.9. The molecule has 1 fully saturated rings. The first-order chi connectivity index (χ1) is 4.24. The molecule has 1 atom stereocenters. The molecular weight excluding hydrogens is 114 g/mol. The molecule has 0 saturated carbocycles. The first-order valence-electron chi connectivity index (χ1n) is 3.51. The fraction of sp³-hybridized carbons (Fsp3) is 0.857. The first kappa shape index (κ1) is 6.59. The van der Waals surface area contributed by atoms with E-state index >= 15 is 0 Å². The Bertz CT molecular complexity index is 122. The number of carbonyl (C=O) groups is 1. The topological polar surface area (TPSA) is 20.3 Å². The van der Waals surface area contributed by atoms with Gasteiger partial charge in [0.2, 0.25) is 5.91 Å². The Morgan fingerprint density at radius 3 is 2.67 bits per heavy atom. The maximum Gasteiger partial charge on any atom is 0.222 e. The van der Waals surface area contributed by atoms with Crippen LogP contribution >= 0.6 is 0 Å². The van der Waals surface area contributed by atoms with Gasteiger partial charge in [-0.15, -0.1) is 0 Å². The molecule has 0 aromatic heterocycles. The van der Waals surface area contributed by atoms with Crippen LogP contribution in [0.25, 0.3) is 0 Å². The third kappa shape index (κ3) is 1.23. The van der Waals surface area contributed by atoms with E-state index < -0.39 is 0 Å². The summed E-state index contributed by atoms with van der Waals surface area (Å²) in [5.41, 5.74) is 0. The van der Waals surface area contributed by atoms with E-state index in [9.17, 15) is 4.79 Å². The highest BCUT2D eigenvalue weighted by molar-refractivity contribution is 5.78. The molecular formula is C7H13NO. The molecule has 0 spiro atoms. The summed E-state index contributed by atoms with van der Waals surface area (Å²) in [6, 6.07) is 0. The normalized spacial score (nSPS) is 27.6. The van der Waals surface area contributed by atoms with Crippen LogP contribution in [0.5, 0.6) is 0 Å². The zero-order chi connectivity index (χ0) is 6.85. The van der Waals surface area contributed by atoms with Crippen LogP contribution in [-0.4, -0.2) is 23.9 Å². The predicted octanol–water partition coefficient (Wildman–Crippen LogP) is 0.875. The van der Waals surface area contributed by atoms with Crippen LogP contribution < -0.4 is 0 Å². The van der Waals surface area contributed by atoms with Gasteiger partial charge in [-0.2, -0.15) is 0 Å². The molecule has 0 aliphatic carbocycles. The molecule has 1 saturated heterocycles. The molecule has 2 nitrogen and oxygen atoms in total. The van der Waals surface area contributed by atoms with E-state index in [0.717, 1.165) is 19.5 Å². The van der Waals surface area contributed by atoms with E-state index in [1.165, 1.54) is 0 Å². The second-order valence-electron chi connectivity index (χ2n) is 2.74. The standard InChI is InChI=1S/C7H13NO/c1-3-8-5-6(2)4-7(8)9/h6H,3-5H2,1-2H3/t6-/m1/s1. The highest BCUT2D eigenvalue weighted by Crippen LogP contribution is 2.15. The Hall–Kier alpha value is -0.530. The van der Waals surface area contributed by atoms with Crippen molar-refractivity contribution >= 4 is 5.91 Å². The van der Waals surface area contributed by atoms with Gasteiger partial charge in [-0.3, -0.25) is 4.79 Å². The Labute approximate surface area is 55.8 Å². The molecule has 0 N–H and O–H groups in total. The summed E-state index contributed by atoms with van der Waals surface area (Å²) in [5, 5.41) is 0. The van der Waals surface area contributed by atoms with Gasteiger partial charge in [-0.05, 0) is 12.8 Å². The summed E-state index contributed by atoms with van der Waals surface area (Å²) in [6.45, 7) is 5.99. The molecule has 0 radical (unpaired) electrons. The molecule has 1 aliphatic rings. The molecule has 52 valence electrons. The lowest BCUT2D eigenvalue weighted by Crippen LogP contribution is -2.24. The van der Waals surface area contributed by atoms with E-state index in [-0.39, 0.29) is 0 Å². The van der Waals surface area contributed by atoms with E-state index in [2.05, 4.69) is 6.92 Å². The lowest BCUT2D eigenvalue weighted by molar-refractivity contribution is -0.127. The van der Waals surface area contributed by atoms with Crippen LogP contribution in [-0.2, 0) is 4.79 Å². The number of rotatable bonds is 1. The minimum Gasteiger partial charge on any atom is -0.343 e. The molecule has 1 rings (SSSR count). The summed E-state index contributed by atoms with van der Waals surface area (Å²) in [4.78, 5) is 12.8. The van der Waals surface area contributed by atoms with Gasteiger partial charge in [0.15, 0.2) is 0 Å². The number of amides is 1. The molecule has 0 bridgehead atoms. The van der Waals surface area contributed by atoms with Gasteiger partial charge < -0.3 is 4.90 Å². The van der Waals surface area contributed by atoms with Crippen LogP contribution in [0.4, 0.5) is 0 Å². The number of likely N-dealkylation sites (tertiary alicyclic amines) is 1. The van der Waals surface area contributed by atoms with E-state index in [0.29, 0.717) is 11.8 Å². The fourth-order valence-electron chi connectivity index (χ4n) is 1.28. The highest BCUT2D eigenvalue weighted by Gasteiger charge is 2.24. The number of nitrogens with zero attached hydrogens (tertiary/aromatic N) is 1. The third-order valence-corrected chi connectivity index (χ3v) is 1.79. The molecule has 1 heterocycles. The monoisotopic (exact) mass is 127 g/mol. The van der Waals surface area contributed by atoms with Crippen LogP contribution in [0, 0.1) is 5.92 Å². The van der Waals surface area contributed by atoms with Crippen LogP contribution in [0.1, 0.15) is 20.3 Å². The van der Waals surface area contributed by atoms with E-state index in [1.54, 1.807) is 0 Å². The first-order valence-corrected chi connectivity index (χ1v) is 3.51. The van der Waals surface area contributed by atoms with Crippen LogP contribution in [0.3, 0.4) is 0 Å². The summed E-state index contributed by atoms with van der Waals surface area (Å²) < 4.78 is 0.